The molecule has 0 aromatic rings. The van der Waals surface area contributed by atoms with Crippen LogP contribution in [0.25, 0.3) is 0 Å². The second kappa shape index (κ2) is 15.1. The number of ether oxygens (including phenoxy) is 2. The van der Waals surface area contributed by atoms with E-state index in [9.17, 15) is 24.3 Å². The van der Waals surface area contributed by atoms with Crippen LogP contribution < -0.4 is 0 Å². The molecular formula is C49H76O7. The molecule has 18 atom stereocenters. The number of aliphatic hydroxyl groups excluding tert-OH is 1. The van der Waals surface area contributed by atoms with Crippen molar-refractivity contribution in [2.24, 2.45) is 92.7 Å². The van der Waals surface area contributed by atoms with Crippen molar-refractivity contribution >= 4 is 23.5 Å². The zero-order valence-electron chi connectivity index (χ0n) is 36.1. The van der Waals surface area contributed by atoms with Gasteiger partial charge in [0.2, 0.25) is 0 Å². The zero-order chi connectivity index (χ0) is 39.9. The molecule has 0 radical (unpaired) electrons. The molecule has 8 aliphatic rings. The molecule has 0 amide bonds. The van der Waals surface area contributed by atoms with Crippen molar-refractivity contribution in [3.05, 3.63) is 0 Å². The Labute approximate surface area is 338 Å². The highest BCUT2D eigenvalue weighted by Crippen LogP contribution is 2.69. The first-order valence-electron chi connectivity index (χ1n) is 23.6. The van der Waals surface area contributed by atoms with E-state index in [0.29, 0.717) is 108 Å². The highest BCUT2D eigenvalue weighted by molar-refractivity contribution is 5.87. The summed E-state index contributed by atoms with van der Waals surface area (Å²) in [6, 6.07) is 0. The lowest BCUT2D eigenvalue weighted by molar-refractivity contribution is -0.168. The molecule has 8 fully saturated rings. The van der Waals surface area contributed by atoms with E-state index < -0.39 is 0 Å². The SMILES string of the molecule is COC(=O)CC[C@@H](C)[C@H]1CC[C@H]2[C@@H]3CC[C@@H]4CC(OC(=O)CC[C@@H](C)[C@H]5CC[C@H]6[C@@H]7CC[C@@H]8C[C@H](O)CC[C@]8(C)C7CC(=O)[C@]56C)CC[C@]4(C)C3CC(=O)[C@]12C. The van der Waals surface area contributed by atoms with E-state index in [1.807, 2.05) is 0 Å². The molecule has 56 heavy (non-hydrogen) atoms. The van der Waals surface area contributed by atoms with Crippen molar-refractivity contribution in [2.45, 2.75) is 182 Å². The Hall–Kier alpha value is -1.76. The second-order valence-electron chi connectivity index (χ2n) is 22.4. The number of aliphatic hydroxyl groups is 1. The summed E-state index contributed by atoms with van der Waals surface area (Å²) in [6.45, 7) is 14.0. The number of ketones is 2. The summed E-state index contributed by atoms with van der Waals surface area (Å²) in [5.74, 6) is 6.00. The molecule has 7 nitrogen and oxygen atoms in total. The number of hydrogen-bond acceptors (Lipinski definition) is 7. The van der Waals surface area contributed by atoms with Gasteiger partial charge in [0.15, 0.2) is 0 Å². The van der Waals surface area contributed by atoms with E-state index in [-0.39, 0.29) is 45.8 Å². The van der Waals surface area contributed by atoms with Gasteiger partial charge in [-0.1, -0.05) is 41.5 Å². The van der Waals surface area contributed by atoms with Crippen LogP contribution in [0.1, 0.15) is 170 Å². The minimum Gasteiger partial charge on any atom is -0.469 e. The van der Waals surface area contributed by atoms with E-state index in [1.54, 1.807) is 0 Å². The average molecular weight is 777 g/mol. The molecule has 0 bridgehead atoms. The van der Waals surface area contributed by atoms with Crippen molar-refractivity contribution in [1.82, 2.24) is 0 Å². The summed E-state index contributed by atoms with van der Waals surface area (Å²) in [5, 5.41) is 10.4. The molecular weight excluding hydrogens is 701 g/mol. The van der Waals surface area contributed by atoms with Gasteiger partial charge in [-0.2, -0.15) is 0 Å². The molecule has 8 saturated carbocycles. The molecule has 0 spiro atoms. The Morgan fingerprint density at radius 2 is 1.12 bits per heavy atom. The van der Waals surface area contributed by atoms with Crippen molar-refractivity contribution in [3.63, 3.8) is 0 Å². The predicted octanol–water partition coefficient (Wildman–Crippen LogP) is 9.94. The van der Waals surface area contributed by atoms with Gasteiger partial charge >= 0.3 is 11.9 Å². The standard InChI is InChI=1S/C49H76O7/c1-28(8-18-44(53)55-7)36-14-16-39-35-13-11-31-25-33(21-23-47(31,4)41(35)27-43(52)48(36,39)5)56-45(54)19-9-29(2)37-15-17-38-34-12-10-30-24-32(50)20-22-46(30,3)40(34)26-42(51)49(37,38)6/h28-41,50H,8-27H2,1-7H3/t28-,29-,30-,31-,32-,33?,34+,35+,36-,37-,38+,39+,40?,41?,46+,47+,48-,49-/m1/s1. The first-order valence-corrected chi connectivity index (χ1v) is 23.6. The van der Waals surface area contributed by atoms with Crippen molar-refractivity contribution < 1.29 is 33.8 Å². The summed E-state index contributed by atoms with van der Waals surface area (Å²) >= 11 is 0. The quantitative estimate of drug-likeness (QED) is 0.232. The highest BCUT2D eigenvalue weighted by Gasteiger charge is 2.66. The monoisotopic (exact) mass is 777 g/mol. The van der Waals surface area contributed by atoms with Gasteiger partial charge in [0.05, 0.1) is 13.2 Å². The number of esters is 2. The third-order valence-corrected chi connectivity index (χ3v) is 20.6. The molecule has 0 aliphatic heterocycles. The zero-order valence-corrected chi connectivity index (χ0v) is 36.1. The first-order chi connectivity index (χ1) is 26.5. The van der Waals surface area contributed by atoms with Gasteiger partial charge in [-0.3, -0.25) is 19.2 Å². The van der Waals surface area contributed by atoms with E-state index in [0.717, 1.165) is 83.5 Å². The summed E-state index contributed by atoms with van der Waals surface area (Å²) in [6.07, 6.45) is 18.5. The average Bonchev–Trinajstić information content (AvgIpc) is 3.73. The summed E-state index contributed by atoms with van der Waals surface area (Å²) in [4.78, 5) is 54.0. The number of carbonyl (C=O) groups excluding carboxylic acids is 4. The van der Waals surface area contributed by atoms with Gasteiger partial charge in [-0.05, 0) is 185 Å². The molecule has 0 aromatic carbocycles. The van der Waals surface area contributed by atoms with Crippen LogP contribution in [0.5, 0.6) is 0 Å². The molecule has 3 unspecified atom stereocenters. The van der Waals surface area contributed by atoms with Gasteiger partial charge in [0.1, 0.15) is 17.7 Å². The maximum atomic E-state index is 14.3. The lowest BCUT2D eigenvalue weighted by Gasteiger charge is -2.60. The second-order valence-corrected chi connectivity index (χ2v) is 22.4. The third kappa shape index (κ3) is 6.41. The van der Waals surface area contributed by atoms with Crippen LogP contribution in [-0.4, -0.2) is 47.9 Å². The van der Waals surface area contributed by atoms with Crippen LogP contribution in [-0.2, 0) is 28.7 Å². The van der Waals surface area contributed by atoms with Crippen molar-refractivity contribution in [2.75, 3.05) is 7.11 Å². The Kier molecular flexibility index (Phi) is 11.0. The lowest BCUT2D eigenvalue weighted by atomic mass is 9.44. The number of Topliss-reactive ketones (excluding diaryl/α,β-unsaturated/α-hetero) is 2. The maximum absolute atomic E-state index is 14.3. The Morgan fingerprint density at radius 3 is 1.64 bits per heavy atom. The van der Waals surface area contributed by atoms with Crippen molar-refractivity contribution in [3.8, 4) is 0 Å². The molecule has 8 rings (SSSR count). The molecule has 0 saturated heterocycles. The molecule has 0 heterocycles. The Balaban J connectivity index is 0.844. The van der Waals surface area contributed by atoms with Crippen LogP contribution in [0.4, 0.5) is 0 Å². The van der Waals surface area contributed by atoms with E-state index in [2.05, 4.69) is 41.5 Å². The predicted molar refractivity (Wildman–Crippen MR) is 216 cm³/mol. The number of fused-ring (bicyclic) bond motifs is 10. The molecule has 1 N–H and O–H groups in total. The van der Waals surface area contributed by atoms with Crippen LogP contribution in [0.15, 0.2) is 0 Å². The van der Waals surface area contributed by atoms with Crippen LogP contribution in [0.2, 0.25) is 0 Å². The summed E-state index contributed by atoms with van der Waals surface area (Å²) in [7, 11) is 1.45. The summed E-state index contributed by atoms with van der Waals surface area (Å²) in [5.41, 5.74) is -0.272. The maximum Gasteiger partial charge on any atom is 0.306 e. The summed E-state index contributed by atoms with van der Waals surface area (Å²) < 4.78 is 11.2. The van der Waals surface area contributed by atoms with E-state index >= 15 is 0 Å². The largest absolute Gasteiger partial charge is 0.469 e. The fraction of sp³-hybridized carbons (Fsp3) is 0.918. The van der Waals surface area contributed by atoms with Gasteiger partial charge in [0, 0.05) is 36.5 Å². The highest BCUT2D eigenvalue weighted by atomic mass is 16.5. The van der Waals surface area contributed by atoms with Gasteiger partial charge in [-0.15, -0.1) is 0 Å². The van der Waals surface area contributed by atoms with Crippen LogP contribution >= 0.6 is 0 Å². The normalized spacial score (nSPS) is 49.3. The van der Waals surface area contributed by atoms with Crippen LogP contribution in [0, 0.1) is 92.7 Å². The minimum atomic E-state index is -0.286. The lowest BCUT2D eigenvalue weighted by Crippen LogP contribution is -2.57. The number of hydrogen-bond donors (Lipinski definition) is 1. The number of carbonyl (C=O) groups is 4. The molecule has 0 aromatic heterocycles. The molecule has 8 aliphatic carbocycles. The topological polar surface area (TPSA) is 107 Å². The fourth-order valence-corrected chi connectivity index (χ4v) is 17.3. The third-order valence-electron chi connectivity index (χ3n) is 20.6. The van der Waals surface area contributed by atoms with Crippen molar-refractivity contribution in [1.29, 1.82) is 0 Å². The molecule has 7 heteroatoms. The van der Waals surface area contributed by atoms with E-state index in [1.165, 1.54) is 26.4 Å². The smallest absolute Gasteiger partial charge is 0.306 e. The Morgan fingerprint density at radius 1 is 0.643 bits per heavy atom. The first kappa shape index (κ1) is 41.0. The van der Waals surface area contributed by atoms with Gasteiger partial charge in [-0.25, -0.2) is 0 Å². The number of rotatable bonds is 9. The van der Waals surface area contributed by atoms with Crippen LogP contribution in [0.3, 0.4) is 0 Å². The minimum absolute atomic E-state index is 0.0360. The fourth-order valence-electron chi connectivity index (χ4n) is 17.3. The van der Waals surface area contributed by atoms with Gasteiger partial charge < -0.3 is 14.6 Å². The Bertz CT molecular complexity index is 1540. The van der Waals surface area contributed by atoms with E-state index in [4.69, 9.17) is 9.47 Å². The molecule has 314 valence electrons. The number of methoxy groups -OCH3 is 1. The van der Waals surface area contributed by atoms with Gasteiger partial charge in [0.25, 0.3) is 0 Å².